The van der Waals surface area contributed by atoms with Crippen molar-refractivity contribution in [2.24, 2.45) is 0 Å². The summed E-state index contributed by atoms with van der Waals surface area (Å²) in [5.41, 5.74) is 1.65. The van der Waals surface area contributed by atoms with Crippen LogP contribution in [0.5, 0.6) is 5.75 Å². The molecule has 1 saturated heterocycles. The molecule has 0 saturated carbocycles. The van der Waals surface area contributed by atoms with Crippen LogP contribution in [0.2, 0.25) is 0 Å². The number of rotatable bonds is 3. The summed E-state index contributed by atoms with van der Waals surface area (Å²) in [6.07, 6.45) is 0.199. The van der Waals surface area contributed by atoms with Gasteiger partial charge in [0.15, 0.2) is 0 Å². The zero-order valence-electron chi connectivity index (χ0n) is 10.9. The molecule has 0 bridgehead atoms. The van der Waals surface area contributed by atoms with Gasteiger partial charge in [-0.25, -0.2) is 0 Å². The molecule has 1 aliphatic rings. The summed E-state index contributed by atoms with van der Waals surface area (Å²) in [4.78, 5) is 4.52. The lowest BCUT2D eigenvalue weighted by Gasteiger charge is -2.25. The van der Waals surface area contributed by atoms with E-state index in [1.807, 2.05) is 37.3 Å². The molecule has 0 spiro atoms. The Morgan fingerprint density at radius 3 is 2.78 bits per heavy atom. The number of aryl methyl sites for hydroxylation is 1. The molecule has 0 aliphatic carbocycles. The third-order valence-electron chi connectivity index (χ3n) is 3.29. The smallest absolute Gasteiger partial charge is 0.132 e. The molecule has 0 amide bonds. The normalized spacial score (nSPS) is 18.9. The molecule has 3 nitrogen and oxygen atoms in total. The fourth-order valence-electron chi connectivity index (χ4n) is 2.15. The van der Waals surface area contributed by atoms with E-state index < -0.39 is 0 Å². The quantitative estimate of drug-likeness (QED) is 0.777. The van der Waals surface area contributed by atoms with Gasteiger partial charge in [-0.05, 0) is 32.9 Å². The third-order valence-corrected chi connectivity index (χ3v) is 3.29. The zero-order chi connectivity index (χ0) is 12.8. The van der Waals surface area contributed by atoms with Gasteiger partial charge in [0.05, 0.1) is 12.1 Å². The Bertz CT molecular complexity index is 588. The van der Waals surface area contributed by atoms with Gasteiger partial charge in [-0.2, -0.15) is 0 Å². The van der Waals surface area contributed by atoms with E-state index >= 15 is 0 Å². The minimum Gasteiger partial charge on any atom is -0.484 e. The van der Waals surface area contributed by atoms with Crippen LogP contribution in [0.1, 0.15) is 19.5 Å². The minimum absolute atomic E-state index is 0.199. The van der Waals surface area contributed by atoms with Crippen LogP contribution in [-0.2, 0) is 4.74 Å². The number of fused-ring (bicyclic) bond motifs is 1. The van der Waals surface area contributed by atoms with Crippen molar-refractivity contribution < 1.29 is 9.47 Å². The first-order valence-electron chi connectivity index (χ1n) is 6.23. The first kappa shape index (κ1) is 11.5. The topological polar surface area (TPSA) is 34.6 Å². The van der Waals surface area contributed by atoms with E-state index in [1.165, 1.54) is 0 Å². The first-order chi connectivity index (χ1) is 8.56. The van der Waals surface area contributed by atoms with Crippen LogP contribution < -0.4 is 4.74 Å². The molecule has 3 rings (SSSR count). The highest BCUT2D eigenvalue weighted by Crippen LogP contribution is 2.33. The van der Waals surface area contributed by atoms with Crippen molar-refractivity contribution in [3.63, 3.8) is 0 Å². The van der Waals surface area contributed by atoms with Crippen LogP contribution in [0.3, 0.4) is 0 Å². The zero-order valence-corrected chi connectivity index (χ0v) is 10.9. The number of ether oxygens (including phenoxy) is 2. The van der Waals surface area contributed by atoms with Crippen molar-refractivity contribution >= 4 is 10.9 Å². The van der Waals surface area contributed by atoms with Crippen molar-refractivity contribution in [1.82, 2.24) is 4.98 Å². The number of hydrogen-bond donors (Lipinski definition) is 0. The molecule has 0 N–H and O–H groups in total. The Kier molecular flexibility index (Phi) is 2.52. The Morgan fingerprint density at radius 2 is 2.06 bits per heavy atom. The highest BCUT2D eigenvalue weighted by Gasteiger charge is 2.41. The van der Waals surface area contributed by atoms with Crippen molar-refractivity contribution in [2.45, 2.75) is 32.5 Å². The SMILES string of the molecule is Cc1cc(OC(C)(C)C2CO2)c2ccccc2n1. The standard InChI is InChI=1S/C15H17NO2/c1-10-8-13(18-15(2,3)14-9-17-14)11-6-4-5-7-12(11)16-10/h4-8,14H,9H2,1-3H3. The molecule has 2 aromatic rings. The molecule has 1 aliphatic heterocycles. The number of hydrogen-bond acceptors (Lipinski definition) is 3. The lowest BCUT2D eigenvalue weighted by molar-refractivity contribution is 0.0760. The molecular formula is C15H17NO2. The van der Waals surface area contributed by atoms with E-state index in [2.05, 4.69) is 18.8 Å². The first-order valence-corrected chi connectivity index (χ1v) is 6.23. The number of nitrogens with zero attached hydrogens (tertiary/aromatic N) is 1. The summed E-state index contributed by atoms with van der Waals surface area (Å²) in [6.45, 7) is 6.90. The molecule has 3 heteroatoms. The fraction of sp³-hybridized carbons (Fsp3) is 0.400. The van der Waals surface area contributed by atoms with E-state index in [-0.39, 0.29) is 11.7 Å². The maximum Gasteiger partial charge on any atom is 0.132 e. The number of aromatic nitrogens is 1. The van der Waals surface area contributed by atoms with Gasteiger partial charge >= 0.3 is 0 Å². The number of epoxide rings is 1. The van der Waals surface area contributed by atoms with E-state index in [0.717, 1.165) is 29.0 Å². The lowest BCUT2D eigenvalue weighted by Crippen LogP contribution is -2.34. The second-order valence-corrected chi connectivity index (χ2v) is 5.31. The summed E-state index contributed by atoms with van der Waals surface area (Å²) in [7, 11) is 0. The molecule has 94 valence electrons. The van der Waals surface area contributed by atoms with Crippen molar-refractivity contribution in [3.8, 4) is 5.75 Å². The number of para-hydroxylation sites is 1. The maximum atomic E-state index is 6.15. The Morgan fingerprint density at radius 1 is 1.33 bits per heavy atom. The summed E-state index contributed by atoms with van der Waals surface area (Å²) < 4.78 is 11.5. The molecule has 1 unspecified atom stereocenters. The molecule has 1 atom stereocenters. The molecule has 1 fully saturated rings. The highest BCUT2D eigenvalue weighted by molar-refractivity contribution is 5.85. The largest absolute Gasteiger partial charge is 0.484 e. The molecule has 0 radical (unpaired) electrons. The van der Waals surface area contributed by atoms with Gasteiger partial charge in [0.25, 0.3) is 0 Å². The van der Waals surface area contributed by atoms with E-state index in [0.29, 0.717) is 0 Å². The van der Waals surface area contributed by atoms with Gasteiger partial charge in [0.1, 0.15) is 17.5 Å². The molecule has 18 heavy (non-hydrogen) atoms. The highest BCUT2D eigenvalue weighted by atomic mass is 16.6. The molecule has 1 aromatic heterocycles. The average molecular weight is 243 g/mol. The molecule has 2 heterocycles. The lowest BCUT2D eigenvalue weighted by atomic mass is 10.1. The van der Waals surface area contributed by atoms with Crippen molar-refractivity contribution in [3.05, 3.63) is 36.0 Å². The summed E-state index contributed by atoms with van der Waals surface area (Å²) in [5.74, 6) is 0.888. The molecular weight excluding hydrogens is 226 g/mol. The van der Waals surface area contributed by atoms with Gasteiger partial charge in [0, 0.05) is 17.1 Å². The van der Waals surface area contributed by atoms with E-state index in [4.69, 9.17) is 9.47 Å². The van der Waals surface area contributed by atoms with Crippen molar-refractivity contribution in [2.75, 3.05) is 6.61 Å². The van der Waals surface area contributed by atoms with Crippen LogP contribution in [0.4, 0.5) is 0 Å². The Labute approximate surface area is 107 Å². The van der Waals surface area contributed by atoms with Crippen molar-refractivity contribution in [1.29, 1.82) is 0 Å². The molecule has 1 aromatic carbocycles. The second kappa shape index (κ2) is 3.95. The Balaban J connectivity index is 2.05. The minimum atomic E-state index is -0.295. The van der Waals surface area contributed by atoms with Gasteiger partial charge in [0.2, 0.25) is 0 Å². The van der Waals surface area contributed by atoms with Crippen LogP contribution >= 0.6 is 0 Å². The summed E-state index contributed by atoms with van der Waals surface area (Å²) >= 11 is 0. The summed E-state index contributed by atoms with van der Waals surface area (Å²) in [5, 5.41) is 1.05. The van der Waals surface area contributed by atoms with Gasteiger partial charge in [-0.15, -0.1) is 0 Å². The predicted octanol–water partition coefficient (Wildman–Crippen LogP) is 3.10. The fourth-order valence-corrected chi connectivity index (χ4v) is 2.15. The van der Waals surface area contributed by atoms with Crippen LogP contribution in [0.15, 0.2) is 30.3 Å². The van der Waals surface area contributed by atoms with Crippen LogP contribution in [0.25, 0.3) is 10.9 Å². The number of benzene rings is 1. The van der Waals surface area contributed by atoms with E-state index in [1.54, 1.807) is 0 Å². The summed E-state index contributed by atoms with van der Waals surface area (Å²) in [6, 6.07) is 10.0. The van der Waals surface area contributed by atoms with Gasteiger partial charge in [-0.1, -0.05) is 12.1 Å². The van der Waals surface area contributed by atoms with Gasteiger partial charge < -0.3 is 9.47 Å². The van der Waals surface area contributed by atoms with Crippen LogP contribution in [0, 0.1) is 6.92 Å². The predicted molar refractivity (Wildman–Crippen MR) is 70.9 cm³/mol. The maximum absolute atomic E-state index is 6.15. The third kappa shape index (κ3) is 2.06. The van der Waals surface area contributed by atoms with Crippen LogP contribution in [-0.4, -0.2) is 23.3 Å². The van der Waals surface area contributed by atoms with E-state index in [9.17, 15) is 0 Å². The number of pyridine rings is 1. The average Bonchev–Trinajstić information content (AvgIpc) is 3.12. The van der Waals surface area contributed by atoms with Gasteiger partial charge in [-0.3, -0.25) is 4.98 Å². The monoisotopic (exact) mass is 243 g/mol. The Hall–Kier alpha value is -1.61. The second-order valence-electron chi connectivity index (χ2n) is 5.31.